The number of nitrogens with one attached hydrogen (secondary N) is 1. The van der Waals surface area contributed by atoms with E-state index in [4.69, 9.17) is 27.9 Å². The Labute approximate surface area is 135 Å². The van der Waals surface area contributed by atoms with Crippen LogP contribution in [0.2, 0.25) is 10.0 Å². The molecule has 0 spiro atoms. The van der Waals surface area contributed by atoms with E-state index in [1.807, 2.05) is 25.2 Å². The van der Waals surface area contributed by atoms with E-state index in [2.05, 4.69) is 17.4 Å². The van der Waals surface area contributed by atoms with Crippen LogP contribution in [0.4, 0.5) is 0 Å². The topological polar surface area (TPSA) is 21.3 Å². The smallest absolute Gasteiger partial charge is 0.120 e. The van der Waals surface area contributed by atoms with Gasteiger partial charge in [-0.2, -0.15) is 0 Å². The molecule has 0 saturated carbocycles. The molecular weight excluding hydrogens is 305 g/mol. The van der Waals surface area contributed by atoms with Crippen molar-refractivity contribution in [3.8, 4) is 5.75 Å². The molecule has 1 aliphatic rings. The average molecular weight is 322 g/mol. The summed E-state index contributed by atoms with van der Waals surface area (Å²) in [7, 11) is 2.01. The van der Waals surface area contributed by atoms with Crippen LogP contribution in [0.1, 0.15) is 29.2 Å². The van der Waals surface area contributed by atoms with Crippen LogP contribution >= 0.6 is 23.2 Å². The first-order chi connectivity index (χ1) is 10.2. The van der Waals surface area contributed by atoms with Gasteiger partial charge < -0.3 is 10.1 Å². The lowest BCUT2D eigenvalue weighted by atomic mass is 10.1. The lowest BCUT2D eigenvalue weighted by Gasteiger charge is -2.12. The maximum Gasteiger partial charge on any atom is 0.120 e. The van der Waals surface area contributed by atoms with Crippen molar-refractivity contribution in [2.75, 3.05) is 7.05 Å². The molecule has 0 radical (unpaired) electrons. The minimum atomic E-state index is 0.449. The van der Waals surface area contributed by atoms with E-state index in [0.717, 1.165) is 24.2 Å². The first kappa shape index (κ1) is 14.7. The first-order valence-electron chi connectivity index (χ1n) is 7.04. The molecule has 0 heterocycles. The van der Waals surface area contributed by atoms with Gasteiger partial charge in [0, 0.05) is 21.7 Å². The fraction of sp³-hybridized carbons (Fsp3) is 0.294. The second-order valence-electron chi connectivity index (χ2n) is 5.26. The first-order valence-corrected chi connectivity index (χ1v) is 7.80. The highest BCUT2D eigenvalue weighted by molar-refractivity contribution is 6.35. The Morgan fingerprint density at radius 3 is 2.81 bits per heavy atom. The van der Waals surface area contributed by atoms with Crippen LogP contribution in [-0.4, -0.2) is 7.05 Å². The molecule has 1 atom stereocenters. The van der Waals surface area contributed by atoms with Gasteiger partial charge in [0.15, 0.2) is 0 Å². The van der Waals surface area contributed by atoms with Gasteiger partial charge in [-0.3, -0.25) is 0 Å². The summed E-state index contributed by atoms with van der Waals surface area (Å²) in [6, 6.07) is 12.3. The van der Waals surface area contributed by atoms with E-state index in [1.54, 1.807) is 6.07 Å². The molecule has 2 aromatic carbocycles. The zero-order chi connectivity index (χ0) is 14.8. The maximum atomic E-state index is 6.15. The monoisotopic (exact) mass is 321 g/mol. The molecule has 2 aromatic rings. The maximum absolute atomic E-state index is 6.15. The average Bonchev–Trinajstić information content (AvgIpc) is 2.88. The lowest BCUT2D eigenvalue weighted by molar-refractivity contribution is 0.306. The van der Waals surface area contributed by atoms with Gasteiger partial charge in [0.1, 0.15) is 12.4 Å². The number of halogens is 2. The molecule has 1 unspecified atom stereocenters. The molecule has 1 aliphatic carbocycles. The van der Waals surface area contributed by atoms with E-state index in [-0.39, 0.29) is 0 Å². The Morgan fingerprint density at radius 2 is 2.05 bits per heavy atom. The molecule has 4 heteroatoms. The lowest BCUT2D eigenvalue weighted by Crippen LogP contribution is -2.12. The number of benzene rings is 2. The van der Waals surface area contributed by atoms with Gasteiger partial charge in [-0.05, 0) is 55.3 Å². The van der Waals surface area contributed by atoms with Crippen LogP contribution in [0.5, 0.6) is 5.75 Å². The number of fused-ring (bicyclic) bond motifs is 1. The Morgan fingerprint density at radius 1 is 1.19 bits per heavy atom. The van der Waals surface area contributed by atoms with Crippen molar-refractivity contribution in [1.29, 1.82) is 0 Å². The standard InChI is InChI=1S/C17H17Cl2NO/c1-20-17-7-3-11-8-14(5-6-15(11)17)21-10-12-2-4-13(18)9-16(12)19/h2,4-6,8-9,17,20H,3,7,10H2,1H3. The second-order valence-corrected chi connectivity index (χ2v) is 6.11. The largest absolute Gasteiger partial charge is 0.489 e. The quantitative estimate of drug-likeness (QED) is 0.875. The van der Waals surface area contributed by atoms with Gasteiger partial charge in [-0.15, -0.1) is 0 Å². The Bertz CT molecular complexity index is 657. The van der Waals surface area contributed by atoms with Crippen LogP contribution in [0.15, 0.2) is 36.4 Å². The van der Waals surface area contributed by atoms with Crippen LogP contribution in [0.25, 0.3) is 0 Å². The number of hydrogen-bond donors (Lipinski definition) is 1. The molecule has 0 bridgehead atoms. The highest BCUT2D eigenvalue weighted by Crippen LogP contribution is 2.33. The van der Waals surface area contributed by atoms with E-state index >= 15 is 0 Å². The van der Waals surface area contributed by atoms with Gasteiger partial charge in [0.05, 0.1) is 0 Å². The highest BCUT2D eigenvalue weighted by atomic mass is 35.5. The van der Waals surface area contributed by atoms with Crippen LogP contribution in [-0.2, 0) is 13.0 Å². The fourth-order valence-corrected chi connectivity index (χ4v) is 3.25. The summed E-state index contributed by atoms with van der Waals surface area (Å²) in [5, 5.41) is 4.62. The van der Waals surface area contributed by atoms with Gasteiger partial charge in [0.2, 0.25) is 0 Å². The summed E-state index contributed by atoms with van der Waals surface area (Å²) < 4.78 is 5.86. The summed E-state index contributed by atoms with van der Waals surface area (Å²) >= 11 is 12.0. The third-order valence-corrected chi connectivity index (χ3v) is 4.54. The van der Waals surface area contributed by atoms with Crippen molar-refractivity contribution >= 4 is 23.2 Å². The van der Waals surface area contributed by atoms with Gasteiger partial charge in [-0.25, -0.2) is 0 Å². The van der Waals surface area contributed by atoms with Crippen molar-refractivity contribution in [3.63, 3.8) is 0 Å². The van der Waals surface area contributed by atoms with Crippen molar-refractivity contribution in [2.24, 2.45) is 0 Å². The van der Waals surface area contributed by atoms with Crippen molar-refractivity contribution in [1.82, 2.24) is 5.32 Å². The van der Waals surface area contributed by atoms with Crippen LogP contribution in [0.3, 0.4) is 0 Å². The molecule has 0 fully saturated rings. The van der Waals surface area contributed by atoms with Crippen molar-refractivity contribution in [2.45, 2.75) is 25.5 Å². The summed E-state index contributed by atoms with van der Waals surface area (Å²) in [4.78, 5) is 0. The van der Waals surface area contributed by atoms with Gasteiger partial charge in [0.25, 0.3) is 0 Å². The third kappa shape index (κ3) is 3.18. The molecule has 0 aromatic heterocycles. The minimum absolute atomic E-state index is 0.449. The number of ether oxygens (including phenoxy) is 1. The second kappa shape index (κ2) is 6.27. The normalized spacial score (nSPS) is 16.8. The van der Waals surface area contributed by atoms with Gasteiger partial charge >= 0.3 is 0 Å². The van der Waals surface area contributed by atoms with E-state index in [1.165, 1.54) is 11.1 Å². The predicted molar refractivity (Wildman–Crippen MR) is 87.4 cm³/mol. The molecule has 3 rings (SSSR count). The van der Waals surface area contributed by atoms with Crippen LogP contribution < -0.4 is 10.1 Å². The summed E-state index contributed by atoms with van der Waals surface area (Å²) in [6.07, 6.45) is 2.25. The van der Waals surface area contributed by atoms with E-state index in [9.17, 15) is 0 Å². The summed E-state index contributed by atoms with van der Waals surface area (Å²) in [6.45, 7) is 0.449. The van der Waals surface area contributed by atoms with Crippen molar-refractivity contribution in [3.05, 3.63) is 63.1 Å². The fourth-order valence-electron chi connectivity index (χ4n) is 2.78. The molecule has 21 heavy (non-hydrogen) atoms. The number of hydrogen-bond acceptors (Lipinski definition) is 2. The minimum Gasteiger partial charge on any atom is -0.489 e. The van der Waals surface area contributed by atoms with E-state index in [0.29, 0.717) is 22.7 Å². The Kier molecular flexibility index (Phi) is 4.39. The molecule has 2 nitrogen and oxygen atoms in total. The molecule has 0 saturated heterocycles. The predicted octanol–water partition coefficient (Wildman–Crippen LogP) is 4.78. The summed E-state index contributed by atoms with van der Waals surface area (Å²) in [5.41, 5.74) is 3.69. The van der Waals surface area contributed by atoms with Gasteiger partial charge in [-0.1, -0.05) is 35.3 Å². The molecule has 0 aliphatic heterocycles. The van der Waals surface area contributed by atoms with Crippen molar-refractivity contribution < 1.29 is 4.74 Å². The molecule has 0 amide bonds. The molecule has 1 N–H and O–H groups in total. The van der Waals surface area contributed by atoms with E-state index < -0.39 is 0 Å². The number of rotatable bonds is 4. The Hall–Kier alpha value is -1.22. The SMILES string of the molecule is CNC1CCc2cc(OCc3ccc(Cl)cc3Cl)ccc21. The zero-order valence-electron chi connectivity index (χ0n) is 11.8. The molecule has 110 valence electrons. The number of aryl methyl sites for hydroxylation is 1. The summed E-state index contributed by atoms with van der Waals surface area (Å²) in [5.74, 6) is 0.886. The Balaban J connectivity index is 1.72. The highest BCUT2D eigenvalue weighted by Gasteiger charge is 2.21. The van der Waals surface area contributed by atoms with Crippen LogP contribution in [0, 0.1) is 0 Å². The third-order valence-electron chi connectivity index (χ3n) is 3.95. The zero-order valence-corrected chi connectivity index (χ0v) is 13.3. The molecular formula is C17H17Cl2NO.